The molecule has 22 heavy (non-hydrogen) atoms. The lowest BCUT2D eigenvalue weighted by Gasteiger charge is -2.09. The Hall–Kier alpha value is -3.33. The van der Waals surface area contributed by atoms with E-state index in [0.717, 1.165) is 11.1 Å². The summed E-state index contributed by atoms with van der Waals surface area (Å²) >= 11 is 0. The predicted molar refractivity (Wildman–Crippen MR) is 80.8 cm³/mol. The molecule has 3 aromatic heterocycles. The molecule has 2 N–H and O–H groups in total. The van der Waals surface area contributed by atoms with Crippen molar-refractivity contribution in [2.45, 2.75) is 0 Å². The molecule has 0 spiro atoms. The second-order valence-corrected chi connectivity index (χ2v) is 4.50. The van der Waals surface area contributed by atoms with Gasteiger partial charge in [-0.25, -0.2) is 9.97 Å². The van der Waals surface area contributed by atoms with E-state index in [4.69, 9.17) is 20.1 Å². The molecule has 0 fully saturated rings. The Kier molecular flexibility index (Phi) is 3.46. The summed E-state index contributed by atoms with van der Waals surface area (Å²) in [4.78, 5) is 8.49. The van der Waals surface area contributed by atoms with Crippen molar-refractivity contribution in [1.29, 1.82) is 5.26 Å². The van der Waals surface area contributed by atoms with E-state index in [9.17, 15) is 0 Å². The molecule has 0 unspecified atom stereocenters. The summed E-state index contributed by atoms with van der Waals surface area (Å²) < 4.78 is 10.5. The smallest absolute Gasteiger partial charge is 0.212 e. The maximum atomic E-state index is 9.16. The number of nitriles is 1. The van der Waals surface area contributed by atoms with E-state index in [0.29, 0.717) is 22.9 Å². The number of anilines is 1. The molecular formula is C16H12N4O2. The van der Waals surface area contributed by atoms with Crippen LogP contribution in [0.4, 0.5) is 5.82 Å². The van der Waals surface area contributed by atoms with Crippen molar-refractivity contribution in [3.63, 3.8) is 0 Å². The molecule has 0 aliphatic heterocycles. The molecule has 6 nitrogen and oxygen atoms in total. The number of aromatic nitrogens is 2. The molecule has 0 aliphatic rings. The van der Waals surface area contributed by atoms with Crippen molar-refractivity contribution >= 4 is 5.82 Å². The van der Waals surface area contributed by atoms with Crippen molar-refractivity contribution in [1.82, 2.24) is 9.97 Å². The van der Waals surface area contributed by atoms with Gasteiger partial charge in [0, 0.05) is 23.4 Å². The third-order valence-corrected chi connectivity index (χ3v) is 3.18. The lowest BCUT2D eigenvalue weighted by molar-refractivity contribution is 0.398. The molecule has 0 radical (unpaired) electrons. The lowest BCUT2D eigenvalue weighted by Crippen LogP contribution is -1.99. The van der Waals surface area contributed by atoms with Crippen LogP contribution in [0, 0.1) is 11.3 Å². The third-order valence-electron chi connectivity index (χ3n) is 3.18. The molecule has 0 amide bonds. The highest BCUT2D eigenvalue weighted by Crippen LogP contribution is 2.33. The van der Waals surface area contributed by atoms with Gasteiger partial charge in [-0.2, -0.15) is 5.26 Å². The first-order valence-corrected chi connectivity index (χ1v) is 6.48. The number of hydrogen-bond donors (Lipinski definition) is 1. The van der Waals surface area contributed by atoms with Crippen LogP contribution in [0.2, 0.25) is 0 Å². The minimum atomic E-state index is 0.166. The molecule has 6 heteroatoms. The number of hydrogen-bond acceptors (Lipinski definition) is 6. The third kappa shape index (κ3) is 2.36. The Morgan fingerprint density at radius 2 is 2.18 bits per heavy atom. The van der Waals surface area contributed by atoms with Crippen LogP contribution in [-0.4, -0.2) is 17.1 Å². The maximum Gasteiger partial charge on any atom is 0.212 e. The zero-order chi connectivity index (χ0) is 15.5. The zero-order valence-corrected chi connectivity index (χ0v) is 11.8. The molecule has 0 aromatic carbocycles. The number of nitrogen functional groups attached to an aromatic ring is 1. The first-order valence-electron chi connectivity index (χ1n) is 6.48. The predicted octanol–water partition coefficient (Wildman–Crippen LogP) is 2.87. The van der Waals surface area contributed by atoms with Crippen LogP contribution in [0.1, 0.15) is 5.56 Å². The van der Waals surface area contributed by atoms with E-state index in [1.54, 1.807) is 43.8 Å². The summed E-state index contributed by atoms with van der Waals surface area (Å²) in [5, 5.41) is 9.16. The van der Waals surface area contributed by atoms with Crippen LogP contribution in [0.15, 0.2) is 47.2 Å². The molecule has 3 rings (SSSR count). The molecule has 108 valence electrons. The Morgan fingerprint density at radius 1 is 1.32 bits per heavy atom. The Bertz CT molecular complexity index is 834. The highest BCUT2D eigenvalue weighted by Gasteiger charge is 2.15. The zero-order valence-electron chi connectivity index (χ0n) is 11.8. The van der Waals surface area contributed by atoms with Crippen molar-refractivity contribution < 1.29 is 9.15 Å². The lowest BCUT2D eigenvalue weighted by atomic mass is 10.0. The van der Waals surface area contributed by atoms with Gasteiger partial charge in [-0.15, -0.1) is 0 Å². The number of pyridine rings is 2. The highest BCUT2D eigenvalue weighted by atomic mass is 16.5. The van der Waals surface area contributed by atoms with E-state index in [1.165, 1.54) is 0 Å². The molecule has 0 saturated heterocycles. The molecule has 3 aromatic rings. The number of nitrogens with two attached hydrogens (primary N) is 1. The van der Waals surface area contributed by atoms with Gasteiger partial charge in [-0.3, -0.25) is 0 Å². The topological polar surface area (TPSA) is 98.0 Å². The summed E-state index contributed by atoms with van der Waals surface area (Å²) in [6.45, 7) is 0. The summed E-state index contributed by atoms with van der Waals surface area (Å²) in [7, 11) is 1.55. The number of nitrogens with zero attached hydrogens (tertiary/aromatic N) is 3. The second-order valence-electron chi connectivity index (χ2n) is 4.50. The first kappa shape index (κ1) is 13.6. The quantitative estimate of drug-likeness (QED) is 0.797. The number of ether oxygens (including phenoxy) is 1. The van der Waals surface area contributed by atoms with Crippen LogP contribution in [0.3, 0.4) is 0 Å². The fraction of sp³-hybridized carbons (Fsp3) is 0.0625. The summed E-state index contributed by atoms with van der Waals surface area (Å²) in [6.07, 6.45) is 3.21. The summed E-state index contributed by atoms with van der Waals surface area (Å²) in [6, 6.07) is 10.9. The largest absolute Gasteiger partial charge is 0.481 e. The standard InChI is InChI=1S/C16H12N4O2/c1-21-14-5-4-10(9-19-14)12-7-11(8-17)16(18)20-15(12)13-3-2-6-22-13/h2-7,9H,1H3,(H2,18,20). The fourth-order valence-corrected chi connectivity index (χ4v) is 2.10. The van der Waals surface area contributed by atoms with Crippen molar-refractivity contribution in [2.75, 3.05) is 12.8 Å². The highest BCUT2D eigenvalue weighted by molar-refractivity contribution is 5.81. The average Bonchev–Trinajstić information content (AvgIpc) is 3.09. The molecule has 0 bridgehead atoms. The van der Waals surface area contributed by atoms with Gasteiger partial charge in [0.1, 0.15) is 17.6 Å². The number of rotatable bonds is 3. The van der Waals surface area contributed by atoms with Gasteiger partial charge in [0.25, 0.3) is 0 Å². The average molecular weight is 292 g/mol. The molecular weight excluding hydrogens is 280 g/mol. The van der Waals surface area contributed by atoms with Gasteiger partial charge in [-0.05, 0) is 24.3 Å². The normalized spacial score (nSPS) is 10.2. The Morgan fingerprint density at radius 3 is 2.77 bits per heavy atom. The maximum absolute atomic E-state index is 9.16. The SMILES string of the molecule is COc1ccc(-c2cc(C#N)c(N)nc2-c2ccco2)cn1. The van der Waals surface area contributed by atoms with E-state index >= 15 is 0 Å². The van der Waals surface area contributed by atoms with Crippen molar-refractivity contribution in [2.24, 2.45) is 0 Å². The van der Waals surface area contributed by atoms with E-state index < -0.39 is 0 Å². The summed E-state index contributed by atoms with van der Waals surface area (Å²) in [5.74, 6) is 1.24. The molecule has 0 aliphatic carbocycles. The Labute approximate surface area is 126 Å². The monoisotopic (exact) mass is 292 g/mol. The van der Waals surface area contributed by atoms with Gasteiger partial charge in [-0.1, -0.05) is 0 Å². The minimum absolute atomic E-state index is 0.166. The van der Waals surface area contributed by atoms with E-state index in [2.05, 4.69) is 9.97 Å². The van der Waals surface area contributed by atoms with Crippen LogP contribution in [-0.2, 0) is 0 Å². The molecule has 3 heterocycles. The van der Waals surface area contributed by atoms with Crippen LogP contribution < -0.4 is 10.5 Å². The van der Waals surface area contributed by atoms with E-state index in [1.807, 2.05) is 12.1 Å². The molecule has 0 atom stereocenters. The van der Waals surface area contributed by atoms with Gasteiger partial charge in [0.05, 0.1) is 18.9 Å². The first-order chi connectivity index (χ1) is 10.7. The van der Waals surface area contributed by atoms with Gasteiger partial charge < -0.3 is 14.9 Å². The van der Waals surface area contributed by atoms with Crippen molar-refractivity contribution in [3.8, 4) is 34.5 Å². The number of methoxy groups -OCH3 is 1. The van der Waals surface area contributed by atoms with Gasteiger partial charge in [0.15, 0.2) is 5.76 Å². The fourth-order valence-electron chi connectivity index (χ4n) is 2.10. The van der Waals surface area contributed by atoms with Gasteiger partial charge in [0.2, 0.25) is 5.88 Å². The second kappa shape index (κ2) is 5.58. The van der Waals surface area contributed by atoms with Gasteiger partial charge >= 0.3 is 0 Å². The van der Waals surface area contributed by atoms with Crippen molar-refractivity contribution in [3.05, 3.63) is 48.4 Å². The molecule has 0 saturated carbocycles. The minimum Gasteiger partial charge on any atom is -0.481 e. The van der Waals surface area contributed by atoms with Crippen LogP contribution >= 0.6 is 0 Å². The summed E-state index contributed by atoms with van der Waals surface area (Å²) in [5.41, 5.74) is 8.20. The van der Waals surface area contributed by atoms with Crippen LogP contribution in [0.25, 0.3) is 22.6 Å². The number of furan rings is 1. The Balaban J connectivity index is 2.21. The van der Waals surface area contributed by atoms with Crippen LogP contribution in [0.5, 0.6) is 5.88 Å². The van der Waals surface area contributed by atoms with E-state index in [-0.39, 0.29) is 5.82 Å².